The van der Waals surface area contributed by atoms with Gasteiger partial charge in [-0.25, -0.2) is 4.98 Å². The zero-order valence-electron chi connectivity index (χ0n) is 7.03. The van der Waals surface area contributed by atoms with Crippen LogP contribution in [0.1, 0.15) is 18.2 Å². The number of hydrogen-bond acceptors (Lipinski definition) is 3. The summed E-state index contributed by atoms with van der Waals surface area (Å²) in [4.78, 5) is 4.19. The largest absolute Gasteiger partial charge is 0.333 e. The number of rotatable bonds is 2. The Hall–Kier alpha value is -0.870. The highest BCUT2D eigenvalue weighted by atomic mass is 15.1. The quantitative estimate of drug-likeness (QED) is 0.644. The molecule has 1 saturated heterocycles. The van der Waals surface area contributed by atoms with E-state index in [0.29, 0.717) is 12.6 Å². The molecule has 0 saturated carbocycles. The van der Waals surface area contributed by atoms with Gasteiger partial charge in [-0.1, -0.05) is 0 Å². The Morgan fingerprint density at radius 2 is 2.67 bits per heavy atom. The molecule has 2 rings (SSSR count). The first-order valence-electron chi connectivity index (χ1n) is 4.33. The van der Waals surface area contributed by atoms with Gasteiger partial charge in [-0.3, -0.25) is 0 Å². The predicted octanol–water partition coefficient (Wildman–Crippen LogP) is -0.124. The minimum Gasteiger partial charge on any atom is -0.333 e. The third kappa shape index (κ3) is 1.35. The van der Waals surface area contributed by atoms with E-state index >= 15 is 0 Å². The summed E-state index contributed by atoms with van der Waals surface area (Å²) in [5.74, 6) is 0. The summed E-state index contributed by atoms with van der Waals surface area (Å²) in [6.45, 7) is 2.70. The third-order valence-electron chi connectivity index (χ3n) is 2.32. The normalized spacial score (nSPS) is 23.2. The van der Waals surface area contributed by atoms with Crippen LogP contribution in [-0.4, -0.2) is 22.6 Å². The molecular weight excluding hydrogens is 152 g/mol. The predicted molar refractivity (Wildman–Crippen MR) is 46.6 cm³/mol. The number of imidazole rings is 1. The molecule has 1 unspecified atom stereocenters. The molecule has 2 heterocycles. The van der Waals surface area contributed by atoms with Crippen molar-refractivity contribution in [2.24, 2.45) is 5.73 Å². The fraction of sp³-hybridized carbons (Fsp3) is 0.625. The Bertz CT molecular complexity index is 249. The number of nitrogens with one attached hydrogen (secondary N) is 1. The van der Waals surface area contributed by atoms with E-state index in [1.165, 1.54) is 6.42 Å². The van der Waals surface area contributed by atoms with Crippen LogP contribution in [0.3, 0.4) is 0 Å². The van der Waals surface area contributed by atoms with Crippen molar-refractivity contribution in [3.05, 3.63) is 18.2 Å². The molecule has 66 valence electrons. The average molecular weight is 166 g/mol. The van der Waals surface area contributed by atoms with Crippen LogP contribution in [0.15, 0.2) is 12.5 Å². The van der Waals surface area contributed by atoms with E-state index in [9.17, 15) is 0 Å². The van der Waals surface area contributed by atoms with Crippen molar-refractivity contribution >= 4 is 0 Å². The van der Waals surface area contributed by atoms with Gasteiger partial charge in [0.05, 0.1) is 12.0 Å². The highest BCUT2D eigenvalue weighted by Crippen LogP contribution is 2.14. The summed E-state index contributed by atoms with van der Waals surface area (Å²) in [7, 11) is 0. The van der Waals surface area contributed by atoms with Gasteiger partial charge in [0.2, 0.25) is 0 Å². The molecule has 0 aliphatic carbocycles. The molecule has 1 aromatic rings. The Morgan fingerprint density at radius 3 is 3.25 bits per heavy atom. The topological polar surface area (TPSA) is 55.9 Å². The summed E-state index contributed by atoms with van der Waals surface area (Å²) in [5, 5.41) is 3.32. The van der Waals surface area contributed by atoms with Crippen molar-refractivity contribution in [3.63, 3.8) is 0 Å². The molecule has 0 amide bonds. The van der Waals surface area contributed by atoms with Crippen molar-refractivity contribution in [3.8, 4) is 0 Å². The average Bonchev–Trinajstić information content (AvgIpc) is 2.75. The first-order chi connectivity index (χ1) is 5.90. The van der Waals surface area contributed by atoms with Gasteiger partial charge in [0.25, 0.3) is 0 Å². The fourth-order valence-electron chi connectivity index (χ4n) is 1.58. The Labute approximate surface area is 71.8 Å². The van der Waals surface area contributed by atoms with Crippen LogP contribution < -0.4 is 11.1 Å². The van der Waals surface area contributed by atoms with Gasteiger partial charge in [-0.15, -0.1) is 0 Å². The van der Waals surface area contributed by atoms with Crippen LogP contribution in [-0.2, 0) is 6.54 Å². The first-order valence-corrected chi connectivity index (χ1v) is 4.33. The molecule has 12 heavy (non-hydrogen) atoms. The number of nitrogens with zero attached hydrogens (tertiary/aromatic N) is 2. The molecule has 1 aliphatic heterocycles. The lowest BCUT2D eigenvalue weighted by Gasteiger charge is -2.08. The van der Waals surface area contributed by atoms with Gasteiger partial charge >= 0.3 is 0 Å². The number of hydrogen-bond donors (Lipinski definition) is 2. The molecule has 1 aliphatic rings. The molecule has 0 radical (unpaired) electrons. The zero-order chi connectivity index (χ0) is 8.39. The van der Waals surface area contributed by atoms with Gasteiger partial charge in [-0.05, 0) is 13.0 Å². The van der Waals surface area contributed by atoms with E-state index in [2.05, 4.69) is 14.9 Å². The van der Waals surface area contributed by atoms with Crippen LogP contribution in [0.25, 0.3) is 0 Å². The van der Waals surface area contributed by atoms with Crippen molar-refractivity contribution < 1.29 is 0 Å². The van der Waals surface area contributed by atoms with E-state index in [1.807, 2.05) is 12.5 Å². The maximum absolute atomic E-state index is 5.47. The van der Waals surface area contributed by atoms with Gasteiger partial charge < -0.3 is 15.6 Å². The van der Waals surface area contributed by atoms with Gasteiger partial charge in [0.1, 0.15) is 0 Å². The second kappa shape index (κ2) is 3.25. The molecule has 3 N–H and O–H groups in total. The van der Waals surface area contributed by atoms with Gasteiger partial charge in [0.15, 0.2) is 0 Å². The summed E-state index contributed by atoms with van der Waals surface area (Å²) >= 11 is 0. The summed E-state index contributed by atoms with van der Waals surface area (Å²) in [6, 6.07) is 0.581. The van der Waals surface area contributed by atoms with Crippen LogP contribution in [0.5, 0.6) is 0 Å². The van der Waals surface area contributed by atoms with Crippen LogP contribution in [0.2, 0.25) is 0 Å². The van der Waals surface area contributed by atoms with E-state index in [-0.39, 0.29) is 0 Å². The monoisotopic (exact) mass is 166 g/mol. The van der Waals surface area contributed by atoms with E-state index in [1.54, 1.807) is 0 Å². The Kier molecular flexibility index (Phi) is 2.10. The highest BCUT2D eigenvalue weighted by Gasteiger charge is 2.15. The second-order valence-corrected chi connectivity index (χ2v) is 3.16. The molecule has 1 atom stereocenters. The van der Waals surface area contributed by atoms with E-state index < -0.39 is 0 Å². The molecular formula is C8H14N4. The summed E-state index contributed by atoms with van der Waals surface area (Å²) in [5.41, 5.74) is 6.44. The third-order valence-corrected chi connectivity index (χ3v) is 2.32. The van der Waals surface area contributed by atoms with Crippen molar-refractivity contribution in [1.82, 2.24) is 14.9 Å². The van der Waals surface area contributed by atoms with Crippen molar-refractivity contribution in [2.75, 3.05) is 13.1 Å². The number of aromatic nitrogens is 2. The summed E-state index contributed by atoms with van der Waals surface area (Å²) < 4.78 is 2.15. The first kappa shape index (κ1) is 7.76. The van der Waals surface area contributed by atoms with Crippen LogP contribution >= 0.6 is 0 Å². The SMILES string of the molecule is NCc1cn(C2CCNC2)cn1. The lowest BCUT2D eigenvalue weighted by atomic mass is 10.2. The van der Waals surface area contributed by atoms with E-state index in [4.69, 9.17) is 5.73 Å². The molecule has 0 spiro atoms. The van der Waals surface area contributed by atoms with Gasteiger partial charge in [-0.2, -0.15) is 0 Å². The molecule has 1 fully saturated rings. The van der Waals surface area contributed by atoms with Crippen LogP contribution in [0, 0.1) is 0 Å². The second-order valence-electron chi connectivity index (χ2n) is 3.16. The zero-order valence-corrected chi connectivity index (χ0v) is 7.03. The fourth-order valence-corrected chi connectivity index (χ4v) is 1.58. The van der Waals surface area contributed by atoms with Crippen molar-refractivity contribution in [2.45, 2.75) is 19.0 Å². The Balaban J connectivity index is 2.11. The van der Waals surface area contributed by atoms with E-state index in [0.717, 1.165) is 18.8 Å². The molecule has 4 nitrogen and oxygen atoms in total. The summed E-state index contributed by atoms with van der Waals surface area (Å²) in [6.07, 6.45) is 5.11. The minimum absolute atomic E-state index is 0.535. The molecule has 4 heteroatoms. The maximum Gasteiger partial charge on any atom is 0.0953 e. The molecule has 1 aromatic heterocycles. The Morgan fingerprint density at radius 1 is 1.75 bits per heavy atom. The standard InChI is InChI=1S/C8H14N4/c9-3-7-5-12(6-11-7)8-1-2-10-4-8/h5-6,8,10H,1-4,9H2. The molecule has 0 aromatic carbocycles. The van der Waals surface area contributed by atoms with Gasteiger partial charge in [0, 0.05) is 25.3 Å². The lowest BCUT2D eigenvalue weighted by Crippen LogP contribution is -2.11. The highest BCUT2D eigenvalue weighted by molar-refractivity contribution is 4.98. The van der Waals surface area contributed by atoms with Crippen LogP contribution in [0.4, 0.5) is 0 Å². The molecule has 0 bridgehead atoms. The number of nitrogens with two attached hydrogens (primary N) is 1. The minimum atomic E-state index is 0.535. The maximum atomic E-state index is 5.47. The smallest absolute Gasteiger partial charge is 0.0953 e. The van der Waals surface area contributed by atoms with Crippen molar-refractivity contribution in [1.29, 1.82) is 0 Å². The lowest BCUT2D eigenvalue weighted by molar-refractivity contribution is 0.546.